The van der Waals surface area contributed by atoms with E-state index in [9.17, 15) is 12.8 Å². The number of hydrogen-bond donors (Lipinski definition) is 0. The number of sulfone groups is 1. The molecule has 13 heavy (non-hydrogen) atoms. The lowest BCUT2D eigenvalue weighted by molar-refractivity contribution is 0.597. The molecular weight excluding hydrogens is 191 g/mol. The highest BCUT2D eigenvalue weighted by Gasteiger charge is 2.08. The van der Waals surface area contributed by atoms with Crippen LogP contribution in [0.1, 0.15) is 5.56 Å². The second-order valence-electron chi connectivity index (χ2n) is 2.72. The molecule has 0 bridgehead atoms. The maximum Gasteiger partial charge on any atom is 0.154 e. The fraction of sp³-hybridized carbons (Fsp3) is 0.222. The van der Waals surface area contributed by atoms with Gasteiger partial charge in [0.05, 0.1) is 11.5 Å². The van der Waals surface area contributed by atoms with Gasteiger partial charge in [-0.2, -0.15) is 0 Å². The van der Waals surface area contributed by atoms with E-state index in [1.54, 1.807) is 0 Å². The third kappa shape index (κ3) is 3.14. The molecule has 0 saturated heterocycles. The molecule has 0 aromatic heterocycles. The summed E-state index contributed by atoms with van der Waals surface area (Å²) in [6.45, 7) is 3.31. The van der Waals surface area contributed by atoms with Gasteiger partial charge in [0.1, 0.15) is 5.82 Å². The van der Waals surface area contributed by atoms with Gasteiger partial charge in [0.15, 0.2) is 9.84 Å². The lowest BCUT2D eigenvalue weighted by atomic mass is 10.2. The summed E-state index contributed by atoms with van der Waals surface area (Å²) >= 11 is 0. The third-order valence-corrected chi connectivity index (χ3v) is 3.01. The third-order valence-electron chi connectivity index (χ3n) is 1.61. The second kappa shape index (κ2) is 3.87. The molecule has 0 aliphatic carbocycles. The van der Waals surface area contributed by atoms with Crippen molar-refractivity contribution < 1.29 is 12.8 Å². The van der Waals surface area contributed by atoms with Crippen LogP contribution in [0.25, 0.3) is 0 Å². The first-order valence-electron chi connectivity index (χ1n) is 3.77. The summed E-state index contributed by atoms with van der Waals surface area (Å²) in [7, 11) is -3.12. The molecule has 0 aliphatic rings. The molecule has 0 atom stereocenters. The van der Waals surface area contributed by atoms with Crippen molar-refractivity contribution in [1.29, 1.82) is 0 Å². The van der Waals surface area contributed by atoms with Gasteiger partial charge in [0.25, 0.3) is 0 Å². The highest BCUT2D eigenvalue weighted by Crippen LogP contribution is 2.07. The topological polar surface area (TPSA) is 34.1 Å². The molecule has 0 amide bonds. The zero-order valence-corrected chi connectivity index (χ0v) is 7.85. The zero-order valence-electron chi connectivity index (χ0n) is 7.03. The lowest BCUT2D eigenvalue weighted by Crippen LogP contribution is -2.06. The molecule has 4 heteroatoms. The van der Waals surface area contributed by atoms with Gasteiger partial charge in [-0.15, -0.1) is 0 Å². The second-order valence-corrected chi connectivity index (χ2v) is 4.90. The van der Waals surface area contributed by atoms with Crippen molar-refractivity contribution in [1.82, 2.24) is 0 Å². The van der Waals surface area contributed by atoms with Crippen LogP contribution < -0.4 is 0 Å². The van der Waals surface area contributed by atoms with E-state index in [1.165, 1.54) is 24.3 Å². The van der Waals surface area contributed by atoms with Crippen molar-refractivity contribution in [3.8, 4) is 0 Å². The van der Waals surface area contributed by atoms with Crippen LogP contribution >= 0.6 is 0 Å². The van der Waals surface area contributed by atoms with E-state index in [-0.39, 0.29) is 17.3 Å². The smallest absolute Gasteiger partial charge is 0.154 e. The van der Waals surface area contributed by atoms with E-state index in [0.717, 1.165) is 0 Å². The molecule has 0 unspecified atom stereocenters. The van der Waals surface area contributed by atoms with Crippen molar-refractivity contribution in [2.75, 3.05) is 5.75 Å². The zero-order chi connectivity index (χ0) is 9.90. The summed E-state index contributed by atoms with van der Waals surface area (Å²) in [5.74, 6) is -0.572. The van der Waals surface area contributed by atoms with E-state index < -0.39 is 9.84 Å². The Hall–Kier alpha value is -0.900. The molecule has 2 nitrogen and oxygen atoms in total. The van der Waals surface area contributed by atoms with E-state index in [1.807, 2.05) is 0 Å². The number of hydrogen-bond acceptors (Lipinski definition) is 2. The minimum absolute atomic E-state index is 0.0726. The van der Waals surface area contributed by atoms with Gasteiger partial charge in [-0.25, -0.2) is 12.8 Å². The van der Waals surface area contributed by atoms with Crippen molar-refractivity contribution in [3.63, 3.8) is 0 Å². The van der Waals surface area contributed by atoms with Crippen LogP contribution in [0.15, 0.2) is 24.3 Å². The molecule has 0 aliphatic heterocycles. The predicted octanol–water partition coefficient (Wildman–Crippen LogP) is 1.57. The molecule has 0 N–H and O–H groups in total. The largest absolute Gasteiger partial charge is 0.228 e. The van der Waals surface area contributed by atoms with Gasteiger partial charge < -0.3 is 0 Å². The Morgan fingerprint density at radius 2 is 1.77 bits per heavy atom. The monoisotopic (exact) mass is 201 g/mol. The van der Waals surface area contributed by atoms with Gasteiger partial charge in [-0.1, -0.05) is 12.1 Å². The van der Waals surface area contributed by atoms with E-state index in [2.05, 4.69) is 6.92 Å². The van der Waals surface area contributed by atoms with Crippen LogP contribution in [-0.2, 0) is 15.6 Å². The fourth-order valence-corrected chi connectivity index (χ4v) is 1.75. The Bertz CT molecular complexity index is 367. The van der Waals surface area contributed by atoms with Gasteiger partial charge in [0.2, 0.25) is 0 Å². The van der Waals surface area contributed by atoms with Gasteiger partial charge >= 0.3 is 0 Å². The molecule has 1 rings (SSSR count). The van der Waals surface area contributed by atoms with Crippen LogP contribution in [-0.4, -0.2) is 14.2 Å². The minimum atomic E-state index is -3.12. The molecule has 1 aromatic carbocycles. The molecular formula is C9H10FO2S. The van der Waals surface area contributed by atoms with E-state index in [4.69, 9.17) is 0 Å². The van der Waals surface area contributed by atoms with Crippen molar-refractivity contribution >= 4 is 9.84 Å². The first-order chi connectivity index (χ1) is 6.03. The standard InChI is InChI=1S/C9H10FO2S/c1-2-13(11,12)7-8-3-5-9(10)6-4-8/h3-6H,1-2,7H2. The Morgan fingerprint density at radius 3 is 2.23 bits per heavy atom. The highest BCUT2D eigenvalue weighted by molar-refractivity contribution is 7.90. The summed E-state index contributed by atoms with van der Waals surface area (Å²) in [6.07, 6.45) is 0. The number of halogens is 1. The van der Waals surface area contributed by atoms with Crippen molar-refractivity contribution in [2.45, 2.75) is 5.75 Å². The van der Waals surface area contributed by atoms with Crippen LogP contribution in [0.2, 0.25) is 0 Å². The van der Waals surface area contributed by atoms with Gasteiger partial charge in [0, 0.05) is 0 Å². The Kier molecular flexibility index (Phi) is 3.03. The molecule has 71 valence electrons. The fourth-order valence-electron chi connectivity index (χ4n) is 0.907. The molecule has 0 saturated carbocycles. The Balaban J connectivity index is 2.82. The summed E-state index contributed by atoms with van der Waals surface area (Å²) < 4.78 is 34.6. The predicted molar refractivity (Wildman–Crippen MR) is 49.2 cm³/mol. The normalized spacial score (nSPS) is 11.5. The average Bonchev–Trinajstić information content (AvgIpc) is 2.09. The van der Waals surface area contributed by atoms with Crippen molar-refractivity contribution in [3.05, 3.63) is 42.6 Å². The Labute approximate surface area is 77.3 Å². The number of benzene rings is 1. The van der Waals surface area contributed by atoms with Gasteiger partial charge in [-0.05, 0) is 24.6 Å². The molecule has 0 spiro atoms. The first kappa shape index (κ1) is 10.2. The first-order valence-corrected chi connectivity index (χ1v) is 5.60. The minimum Gasteiger partial charge on any atom is -0.228 e. The number of rotatable bonds is 3. The highest BCUT2D eigenvalue weighted by atomic mass is 32.2. The summed E-state index contributed by atoms with van der Waals surface area (Å²) in [6, 6.07) is 5.41. The van der Waals surface area contributed by atoms with E-state index in [0.29, 0.717) is 5.56 Å². The molecule has 0 fully saturated rings. The van der Waals surface area contributed by atoms with Gasteiger partial charge in [-0.3, -0.25) is 0 Å². The maximum absolute atomic E-state index is 12.4. The maximum atomic E-state index is 12.4. The van der Waals surface area contributed by atoms with Crippen LogP contribution in [0.3, 0.4) is 0 Å². The summed E-state index contributed by atoms with van der Waals surface area (Å²) in [5.41, 5.74) is 0.588. The molecule has 1 radical (unpaired) electrons. The summed E-state index contributed by atoms with van der Waals surface area (Å²) in [4.78, 5) is 0. The molecule has 0 heterocycles. The SMILES string of the molecule is [CH2]CS(=O)(=O)Cc1ccc(F)cc1. The van der Waals surface area contributed by atoms with Crippen molar-refractivity contribution in [2.24, 2.45) is 0 Å². The summed E-state index contributed by atoms with van der Waals surface area (Å²) in [5, 5.41) is 0. The van der Waals surface area contributed by atoms with E-state index >= 15 is 0 Å². The van der Waals surface area contributed by atoms with Crippen LogP contribution in [0, 0.1) is 12.7 Å². The van der Waals surface area contributed by atoms with Crippen LogP contribution in [0.4, 0.5) is 4.39 Å². The quantitative estimate of drug-likeness (QED) is 0.744. The Morgan fingerprint density at radius 1 is 1.23 bits per heavy atom. The average molecular weight is 201 g/mol. The lowest BCUT2D eigenvalue weighted by Gasteiger charge is -2.00. The van der Waals surface area contributed by atoms with Crippen LogP contribution in [0.5, 0.6) is 0 Å². The molecule has 1 aromatic rings.